The average molecular weight is 308 g/mol. The molecule has 1 aliphatic heterocycles. The number of nitrogens with one attached hydrogen (secondary N) is 1. The van der Waals surface area contributed by atoms with Crippen molar-refractivity contribution in [1.82, 2.24) is 4.90 Å². The summed E-state index contributed by atoms with van der Waals surface area (Å²) in [6, 6.07) is 6.21. The van der Waals surface area contributed by atoms with Gasteiger partial charge in [-0.1, -0.05) is 6.92 Å². The standard InChI is InChI=1S/C16H24N2O2S/c1-4-12-7-5-6-10-18(12)16(21)17-14-11-13(19-2)8-9-15(14)20-3/h8-9,11-12H,4-7,10H2,1-3H3,(H,17,21). The third kappa shape index (κ3) is 3.79. The van der Waals surface area contributed by atoms with E-state index in [1.807, 2.05) is 18.2 Å². The van der Waals surface area contributed by atoms with Crippen LogP contribution in [0.25, 0.3) is 0 Å². The molecule has 1 aliphatic rings. The maximum absolute atomic E-state index is 5.60. The minimum atomic E-state index is 0.537. The third-order valence-corrected chi connectivity index (χ3v) is 4.34. The van der Waals surface area contributed by atoms with Crippen molar-refractivity contribution in [2.24, 2.45) is 0 Å². The SMILES string of the molecule is CCC1CCCCN1C(=S)Nc1cc(OC)ccc1OC. The van der Waals surface area contributed by atoms with Crippen molar-refractivity contribution < 1.29 is 9.47 Å². The van der Waals surface area contributed by atoms with E-state index in [1.54, 1.807) is 14.2 Å². The number of benzene rings is 1. The first-order chi connectivity index (χ1) is 10.2. The Hall–Kier alpha value is -1.49. The fourth-order valence-electron chi connectivity index (χ4n) is 2.79. The molecule has 0 aliphatic carbocycles. The number of thiocarbonyl (C=S) groups is 1. The molecule has 1 heterocycles. The predicted octanol–water partition coefficient (Wildman–Crippen LogP) is 3.67. The molecular weight excluding hydrogens is 284 g/mol. The number of likely N-dealkylation sites (tertiary alicyclic amines) is 1. The van der Waals surface area contributed by atoms with Crippen LogP contribution in [0.15, 0.2) is 18.2 Å². The quantitative estimate of drug-likeness (QED) is 0.858. The van der Waals surface area contributed by atoms with E-state index in [1.165, 1.54) is 19.3 Å². The summed E-state index contributed by atoms with van der Waals surface area (Å²) in [6.45, 7) is 3.24. The molecule has 1 atom stereocenters. The molecule has 0 aromatic heterocycles. The second-order valence-electron chi connectivity index (χ2n) is 5.25. The molecular formula is C16H24N2O2S. The van der Waals surface area contributed by atoms with Gasteiger partial charge in [-0.2, -0.15) is 0 Å². The summed E-state index contributed by atoms with van der Waals surface area (Å²) in [6.07, 6.45) is 4.83. The van der Waals surface area contributed by atoms with Gasteiger partial charge in [-0.3, -0.25) is 0 Å². The summed E-state index contributed by atoms with van der Waals surface area (Å²) < 4.78 is 10.7. The minimum Gasteiger partial charge on any atom is -0.497 e. The first-order valence-corrected chi connectivity index (χ1v) is 7.90. The van der Waals surface area contributed by atoms with Gasteiger partial charge in [0.05, 0.1) is 19.9 Å². The third-order valence-electron chi connectivity index (χ3n) is 4.01. The van der Waals surface area contributed by atoms with Crippen molar-refractivity contribution >= 4 is 23.0 Å². The molecule has 21 heavy (non-hydrogen) atoms. The Labute approximate surface area is 132 Å². The first kappa shape index (κ1) is 15.9. The molecule has 1 fully saturated rings. The van der Waals surface area contributed by atoms with Crippen molar-refractivity contribution in [2.45, 2.75) is 38.6 Å². The molecule has 0 spiro atoms. The lowest BCUT2D eigenvalue weighted by Gasteiger charge is -2.37. The lowest BCUT2D eigenvalue weighted by Crippen LogP contribution is -2.45. The van der Waals surface area contributed by atoms with Gasteiger partial charge in [-0.15, -0.1) is 0 Å². The van der Waals surface area contributed by atoms with E-state index in [2.05, 4.69) is 17.1 Å². The normalized spacial score (nSPS) is 18.2. The zero-order valence-corrected chi connectivity index (χ0v) is 13.8. The zero-order chi connectivity index (χ0) is 15.2. The van der Waals surface area contributed by atoms with E-state index in [-0.39, 0.29) is 0 Å². The van der Waals surface area contributed by atoms with Crippen LogP contribution in [-0.4, -0.2) is 36.8 Å². The smallest absolute Gasteiger partial charge is 0.173 e. The van der Waals surface area contributed by atoms with Crippen molar-refractivity contribution in [3.8, 4) is 11.5 Å². The van der Waals surface area contributed by atoms with Gasteiger partial charge in [0.2, 0.25) is 0 Å². The van der Waals surface area contributed by atoms with E-state index in [9.17, 15) is 0 Å². The fourth-order valence-corrected chi connectivity index (χ4v) is 3.14. The van der Waals surface area contributed by atoms with Crippen LogP contribution in [-0.2, 0) is 0 Å². The van der Waals surface area contributed by atoms with Gasteiger partial charge in [0.15, 0.2) is 5.11 Å². The van der Waals surface area contributed by atoms with Crippen LogP contribution in [0.2, 0.25) is 0 Å². The van der Waals surface area contributed by atoms with E-state index in [0.717, 1.165) is 35.3 Å². The van der Waals surface area contributed by atoms with Crippen molar-refractivity contribution in [3.63, 3.8) is 0 Å². The molecule has 2 rings (SSSR count). The number of nitrogens with zero attached hydrogens (tertiary/aromatic N) is 1. The summed E-state index contributed by atoms with van der Waals surface area (Å²) in [5.41, 5.74) is 0.849. The highest BCUT2D eigenvalue weighted by molar-refractivity contribution is 7.80. The highest BCUT2D eigenvalue weighted by Crippen LogP contribution is 2.30. The molecule has 5 heteroatoms. The van der Waals surface area contributed by atoms with Crippen molar-refractivity contribution in [3.05, 3.63) is 18.2 Å². The van der Waals surface area contributed by atoms with Crippen molar-refractivity contribution in [1.29, 1.82) is 0 Å². The molecule has 116 valence electrons. The second-order valence-corrected chi connectivity index (χ2v) is 5.63. The molecule has 1 aromatic carbocycles. The summed E-state index contributed by atoms with van der Waals surface area (Å²) in [5.74, 6) is 1.55. The summed E-state index contributed by atoms with van der Waals surface area (Å²) >= 11 is 5.60. The van der Waals surface area contributed by atoms with Crippen LogP contribution in [0, 0.1) is 0 Å². The largest absolute Gasteiger partial charge is 0.497 e. The van der Waals surface area contributed by atoms with Crippen LogP contribution in [0.4, 0.5) is 5.69 Å². The van der Waals surface area contributed by atoms with E-state index >= 15 is 0 Å². The molecule has 0 saturated carbocycles. The number of hydrogen-bond acceptors (Lipinski definition) is 3. The van der Waals surface area contributed by atoms with Crippen LogP contribution >= 0.6 is 12.2 Å². The molecule has 4 nitrogen and oxygen atoms in total. The van der Waals surface area contributed by atoms with E-state index in [4.69, 9.17) is 21.7 Å². The molecule has 0 radical (unpaired) electrons. The Morgan fingerprint density at radius 1 is 1.33 bits per heavy atom. The Kier molecular flexibility index (Phi) is 5.67. The summed E-state index contributed by atoms with van der Waals surface area (Å²) in [4.78, 5) is 2.30. The first-order valence-electron chi connectivity index (χ1n) is 7.49. The number of ether oxygens (including phenoxy) is 2. The molecule has 1 unspecified atom stereocenters. The lowest BCUT2D eigenvalue weighted by atomic mass is 10.0. The number of piperidine rings is 1. The highest BCUT2D eigenvalue weighted by Gasteiger charge is 2.23. The Bertz CT molecular complexity index is 493. The van der Waals surface area contributed by atoms with Gasteiger partial charge in [0.1, 0.15) is 11.5 Å². The summed E-state index contributed by atoms with van der Waals surface area (Å²) in [7, 11) is 3.31. The van der Waals surface area contributed by atoms with Crippen LogP contribution in [0.5, 0.6) is 11.5 Å². The molecule has 0 bridgehead atoms. The topological polar surface area (TPSA) is 33.7 Å². The fraction of sp³-hybridized carbons (Fsp3) is 0.562. The van der Waals surface area contributed by atoms with Gasteiger partial charge in [-0.05, 0) is 50.0 Å². The number of hydrogen-bond donors (Lipinski definition) is 1. The number of anilines is 1. The Balaban J connectivity index is 2.14. The maximum atomic E-state index is 5.60. The molecule has 1 N–H and O–H groups in total. The molecule has 1 aromatic rings. The monoisotopic (exact) mass is 308 g/mol. The maximum Gasteiger partial charge on any atom is 0.173 e. The van der Waals surface area contributed by atoms with Gasteiger partial charge in [0, 0.05) is 18.7 Å². The Morgan fingerprint density at radius 3 is 2.81 bits per heavy atom. The van der Waals surface area contributed by atoms with E-state index in [0.29, 0.717) is 6.04 Å². The zero-order valence-electron chi connectivity index (χ0n) is 13.0. The second kappa shape index (κ2) is 7.50. The molecule has 1 saturated heterocycles. The number of rotatable bonds is 4. The van der Waals surface area contributed by atoms with Gasteiger partial charge in [0.25, 0.3) is 0 Å². The Morgan fingerprint density at radius 2 is 2.14 bits per heavy atom. The highest BCUT2D eigenvalue weighted by atomic mass is 32.1. The van der Waals surface area contributed by atoms with Crippen LogP contribution in [0.1, 0.15) is 32.6 Å². The van der Waals surface area contributed by atoms with Crippen LogP contribution < -0.4 is 14.8 Å². The van der Waals surface area contributed by atoms with Gasteiger partial charge < -0.3 is 19.7 Å². The average Bonchev–Trinajstić information content (AvgIpc) is 2.54. The summed E-state index contributed by atoms with van der Waals surface area (Å²) in [5, 5.41) is 4.09. The van der Waals surface area contributed by atoms with Crippen molar-refractivity contribution in [2.75, 3.05) is 26.1 Å². The molecule has 0 amide bonds. The number of methoxy groups -OCH3 is 2. The minimum absolute atomic E-state index is 0.537. The van der Waals surface area contributed by atoms with Crippen LogP contribution in [0.3, 0.4) is 0 Å². The van der Waals surface area contributed by atoms with E-state index < -0.39 is 0 Å². The van der Waals surface area contributed by atoms with Gasteiger partial charge >= 0.3 is 0 Å². The predicted molar refractivity (Wildman–Crippen MR) is 90.4 cm³/mol. The van der Waals surface area contributed by atoms with Gasteiger partial charge in [-0.25, -0.2) is 0 Å². The lowest BCUT2D eigenvalue weighted by molar-refractivity contribution is 0.239.